The molecule has 24 heavy (non-hydrogen) atoms. The lowest BCUT2D eigenvalue weighted by molar-refractivity contribution is 0.0715. The third-order valence-electron chi connectivity index (χ3n) is 5.87. The molecule has 2 aromatic rings. The lowest BCUT2D eigenvalue weighted by atomic mass is 9.57. The van der Waals surface area contributed by atoms with Crippen molar-refractivity contribution in [3.05, 3.63) is 58.1 Å². The fourth-order valence-corrected chi connectivity index (χ4v) is 4.76. The van der Waals surface area contributed by atoms with E-state index in [1.807, 2.05) is 12.1 Å². The van der Waals surface area contributed by atoms with E-state index in [4.69, 9.17) is 11.6 Å². The van der Waals surface area contributed by atoms with Gasteiger partial charge in [-0.2, -0.15) is 0 Å². The Hall–Kier alpha value is -1.71. The number of halogens is 1. The predicted molar refractivity (Wildman–Crippen MR) is 95.8 cm³/mol. The van der Waals surface area contributed by atoms with E-state index < -0.39 is 0 Å². The van der Waals surface area contributed by atoms with E-state index in [1.54, 1.807) is 12.1 Å². The van der Waals surface area contributed by atoms with Crippen molar-refractivity contribution in [1.82, 2.24) is 4.90 Å². The monoisotopic (exact) mass is 343 g/mol. The lowest BCUT2D eigenvalue weighted by Gasteiger charge is -2.53. The molecule has 0 aromatic heterocycles. The lowest BCUT2D eigenvalue weighted by Crippen LogP contribution is -2.49. The molecule has 4 heteroatoms. The van der Waals surface area contributed by atoms with Crippen LogP contribution in [0.2, 0.25) is 5.02 Å². The number of rotatable bonds is 2. The highest BCUT2D eigenvalue weighted by atomic mass is 35.5. The summed E-state index contributed by atoms with van der Waals surface area (Å²) >= 11 is 6.27. The van der Waals surface area contributed by atoms with E-state index >= 15 is 0 Å². The van der Waals surface area contributed by atoms with Gasteiger partial charge in [0.2, 0.25) is 0 Å². The topological polar surface area (TPSA) is 43.7 Å². The number of phenolic OH excluding ortho intramolecular Hbond substituents is 2. The highest BCUT2D eigenvalue weighted by molar-refractivity contribution is 6.30. The van der Waals surface area contributed by atoms with E-state index in [1.165, 1.54) is 12.0 Å². The largest absolute Gasteiger partial charge is 0.504 e. The molecule has 0 saturated heterocycles. The summed E-state index contributed by atoms with van der Waals surface area (Å²) in [7, 11) is 2.15. The maximum absolute atomic E-state index is 10.1. The van der Waals surface area contributed by atoms with Gasteiger partial charge in [-0.25, -0.2) is 0 Å². The molecule has 2 N–H and O–H groups in total. The van der Waals surface area contributed by atoms with Crippen LogP contribution in [-0.4, -0.2) is 28.7 Å². The Morgan fingerprint density at radius 1 is 1.12 bits per heavy atom. The van der Waals surface area contributed by atoms with E-state index in [0.717, 1.165) is 42.0 Å². The molecule has 1 saturated carbocycles. The van der Waals surface area contributed by atoms with Gasteiger partial charge in [0.1, 0.15) is 0 Å². The second kappa shape index (κ2) is 5.68. The van der Waals surface area contributed by atoms with Crippen molar-refractivity contribution in [2.24, 2.45) is 0 Å². The van der Waals surface area contributed by atoms with E-state index in [9.17, 15) is 10.2 Å². The van der Waals surface area contributed by atoms with Crippen molar-refractivity contribution in [1.29, 1.82) is 0 Å². The van der Waals surface area contributed by atoms with Gasteiger partial charge in [-0.15, -0.1) is 0 Å². The van der Waals surface area contributed by atoms with Crippen LogP contribution in [0.25, 0.3) is 0 Å². The Labute approximate surface area is 147 Å². The second-order valence-corrected chi connectivity index (χ2v) is 7.63. The van der Waals surface area contributed by atoms with Crippen molar-refractivity contribution < 1.29 is 10.2 Å². The second-order valence-electron chi connectivity index (χ2n) is 7.19. The summed E-state index contributed by atoms with van der Waals surface area (Å²) in [5, 5.41) is 20.7. The Bertz CT molecular complexity index is 785. The summed E-state index contributed by atoms with van der Waals surface area (Å²) < 4.78 is 0. The maximum atomic E-state index is 10.1. The Kier molecular flexibility index (Phi) is 3.74. The zero-order valence-corrected chi connectivity index (χ0v) is 14.6. The molecular formula is C20H22ClNO2. The standard InChI is InChI=1S/C20H22ClNO2/c1-22-9-6-13-10-17(23)18(24)12-16(13)19(22)20(7-3-8-20)14-4-2-5-15(21)11-14/h2,4-5,10-12,19,23-24H,3,6-9H2,1H3. The number of hydrogen-bond donors (Lipinski definition) is 2. The Balaban J connectivity index is 1.87. The van der Waals surface area contributed by atoms with Crippen LogP contribution < -0.4 is 0 Å². The molecule has 3 nitrogen and oxygen atoms in total. The molecule has 0 spiro atoms. The molecule has 0 bridgehead atoms. The fraction of sp³-hybridized carbons (Fsp3) is 0.400. The summed E-state index contributed by atoms with van der Waals surface area (Å²) in [6.07, 6.45) is 4.32. The molecule has 1 fully saturated rings. The van der Waals surface area contributed by atoms with Crippen molar-refractivity contribution in [3.63, 3.8) is 0 Å². The molecule has 0 amide bonds. The van der Waals surface area contributed by atoms with Crippen molar-refractivity contribution in [3.8, 4) is 11.5 Å². The fourth-order valence-electron chi connectivity index (χ4n) is 4.57. The van der Waals surface area contributed by atoms with Gasteiger partial charge in [0.05, 0.1) is 0 Å². The Morgan fingerprint density at radius 3 is 2.54 bits per heavy atom. The normalized spacial score (nSPS) is 22.7. The highest BCUT2D eigenvalue weighted by Gasteiger charge is 2.49. The van der Waals surface area contributed by atoms with E-state index in [-0.39, 0.29) is 23.0 Å². The third kappa shape index (κ3) is 2.30. The number of phenols is 2. The Morgan fingerprint density at radius 2 is 1.88 bits per heavy atom. The van der Waals surface area contributed by atoms with Crippen LogP contribution in [-0.2, 0) is 11.8 Å². The number of fused-ring (bicyclic) bond motifs is 1. The smallest absolute Gasteiger partial charge is 0.157 e. The molecule has 1 unspecified atom stereocenters. The van der Waals surface area contributed by atoms with E-state index in [0.29, 0.717) is 0 Å². The molecule has 1 aliphatic heterocycles. The van der Waals surface area contributed by atoms with Crippen molar-refractivity contribution in [2.45, 2.75) is 37.1 Å². The first-order valence-electron chi connectivity index (χ1n) is 8.52. The van der Waals surface area contributed by atoms with Gasteiger partial charge in [0.15, 0.2) is 11.5 Å². The van der Waals surface area contributed by atoms with Crippen LogP contribution in [0.15, 0.2) is 36.4 Å². The van der Waals surface area contributed by atoms with Gasteiger partial charge in [-0.05, 0) is 67.3 Å². The van der Waals surface area contributed by atoms with Crippen LogP contribution in [0.5, 0.6) is 11.5 Å². The number of likely N-dealkylation sites (N-methyl/N-ethyl adjacent to an activating group) is 1. The average Bonchev–Trinajstić information content (AvgIpc) is 2.50. The summed E-state index contributed by atoms with van der Waals surface area (Å²) in [6.45, 7) is 0.949. The molecular weight excluding hydrogens is 322 g/mol. The number of nitrogens with zero attached hydrogens (tertiary/aromatic N) is 1. The summed E-state index contributed by atoms with van der Waals surface area (Å²) in [4.78, 5) is 2.39. The first-order chi connectivity index (χ1) is 11.5. The van der Waals surface area contributed by atoms with Crippen LogP contribution in [0.1, 0.15) is 42.0 Å². The summed E-state index contributed by atoms with van der Waals surface area (Å²) in [5.41, 5.74) is 3.58. The van der Waals surface area contributed by atoms with Gasteiger partial charge in [0, 0.05) is 23.0 Å². The summed E-state index contributed by atoms with van der Waals surface area (Å²) in [6, 6.07) is 11.9. The maximum Gasteiger partial charge on any atom is 0.157 e. The quantitative estimate of drug-likeness (QED) is 0.794. The van der Waals surface area contributed by atoms with Crippen molar-refractivity contribution >= 4 is 11.6 Å². The summed E-state index contributed by atoms with van der Waals surface area (Å²) in [5.74, 6) is -0.0583. The molecule has 0 radical (unpaired) electrons. The first-order valence-corrected chi connectivity index (χ1v) is 8.90. The molecule has 1 aliphatic carbocycles. The molecule has 1 atom stereocenters. The molecule has 126 valence electrons. The van der Waals surface area contributed by atoms with Crippen LogP contribution in [0.3, 0.4) is 0 Å². The minimum Gasteiger partial charge on any atom is -0.504 e. The SMILES string of the molecule is CN1CCc2cc(O)c(O)cc2C1C1(c2cccc(Cl)c2)CCC1. The highest BCUT2D eigenvalue weighted by Crippen LogP contribution is 2.56. The van der Waals surface area contributed by atoms with Gasteiger partial charge in [-0.3, -0.25) is 4.90 Å². The van der Waals surface area contributed by atoms with Gasteiger partial charge >= 0.3 is 0 Å². The zero-order valence-electron chi connectivity index (χ0n) is 13.8. The van der Waals surface area contributed by atoms with Crippen molar-refractivity contribution in [2.75, 3.05) is 13.6 Å². The van der Waals surface area contributed by atoms with E-state index in [2.05, 4.69) is 24.1 Å². The number of aromatic hydroxyl groups is 2. The minimum atomic E-state index is -0.0328. The van der Waals surface area contributed by atoms with Crippen LogP contribution >= 0.6 is 11.6 Å². The predicted octanol–water partition coefficient (Wildman–Crippen LogP) is 4.40. The van der Waals surface area contributed by atoms with Crippen LogP contribution in [0, 0.1) is 0 Å². The molecule has 4 rings (SSSR count). The minimum absolute atomic E-state index is 0.0255. The zero-order chi connectivity index (χ0) is 16.9. The van der Waals surface area contributed by atoms with Crippen LogP contribution in [0.4, 0.5) is 0 Å². The third-order valence-corrected chi connectivity index (χ3v) is 6.11. The molecule has 2 aliphatic rings. The van der Waals surface area contributed by atoms with Gasteiger partial charge in [-0.1, -0.05) is 30.2 Å². The average molecular weight is 344 g/mol. The van der Waals surface area contributed by atoms with Gasteiger partial charge < -0.3 is 10.2 Å². The number of benzene rings is 2. The number of hydrogen-bond acceptors (Lipinski definition) is 3. The first kappa shape index (κ1) is 15.8. The molecule has 2 aromatic carbocycles. The molecule has 1 heterocycles. The van der Waals surface area contributed by atoms with Gasteiger partial charge in [0.25, 0.3) is 0 Å².